The summed E-state index contributed by atoms with van der Waals surface area (Å²) in [6.45, 7) is 2.16. The molecular weight excluding hydrogens is 180 g/mol. The van der Waals surface area contributed by atoms with Crippen molar-refractivity contribution in [2.45, 2.75) is 6.92 Å². The minimum Gasteiger partial charge on any atom is -0.328 e. The summed E-state index contributed by atoms with van der Waals surface area (Å²) in [6.07, 6.45) is 5.17. The first-order valence-electron chi connectivity index (χ1n) is 4.11. The summed E-state index contributed by atoms with van der Waals surface area (Å²) in [6, 6.07) is 1.52. The molecule has 5 heteroatoms. The van der Waals surface area contributed by atoms with Gasteiger partial charge < -0.3 is 4.98 Å². The van der Waals surface area contributed by atoms with E-state index >= 15 is 0 Å². The second-order valence-electron chi connectivity index (χ2n) is 2.75. The highest BCUT2D eigenvalue weighted by atomic mass is 16.1. The number of hydrogen-bond donors (Lipinski definition) is 1. The zero-order valence-electron chi connectivity index (χ0n) is 7.77. The first kappa shape index (κ1) is 10.1. The molecule has 5 nitrogen and oxygen atoms in total. The van der Waals surface area contributed by atoms with Crippen molar-refractivity contribution in [3.8, 4) is 0 Å². The minimum atomic E-state index is -0.116. The van der Waals surface area contributed by atoms with Crippen LogP contribution in [0.4, 0.5) is 0 Å². The van der Waals surface area contributed by atoms with E-state index < -0.39 is 0 Å². The Morgan fingerprint density at radius 3 is 3.14 bits per heavy atom. The van der Waals surface area contributed by atoms with Gasteiger partial charge in [0.15, 0.2) is 0 Å². The third-order valence-corrected chi connectivity index (χ3v) is 1.72. The Morgan fingerprint density at radius 1 is 1.71 bits per heavy atom. The van der Waals surface area contributed by atoms with E-state index in [0.29, 0.717) is 6.54 Å². The standard InChI is InChI=1S/C9H10N4O/c1-7-5-9(14)11-6-8(7)3-2-4-12-13-10/h2-3,5-6H,4H2,1H3,(H,11,14). The normalized spacial score (nSPS) is 10.1. The van der Waals surface area contributed by atoms with E-state index in [1.54, 1.807) is 18.3 Å². The van der Waals surface area contributed by atoms with Crippen LogP contribution < -0.4 is 5.56 Å². The van der Waals surface area contributed by atoms with Crippen molar-refractivity contribution in [2.24, 2.45) is 5.11 Å². The number of nitrogens with one attached hydrogen (secondary N) is 1. The molecule has 0 aliphatic rings. The summed E-state index contributed by atoms with van der Waals surface area (Å²) in [7, 11) is 0. The number of aromatic nitrogens is 1. The molecule has 0 amide bonds. The molecule has 0 atom stereocenters. The fourth-order valence-electron chi connectivity index (χ4n) is 1.03. The average Bonchev–Trinajstić information content (AvgIpc) is 2.15. The van der Waals surface area contributed by atoms with Gasteiger partial charge in [0.2, 0.25) is 5.56 Å². The van der Waals surface area contributed by atoms with Crippen molar-refractivity contribution >= 4 is 6.08 Å². The van der Waals surface area contributed by atoms with Crippen molar-refractivity contribution in [2.75, 3.05) is 6.54 Å². The van der Waals surface area contributed by atoms with Crippen LogP contribution in [0.5, 0.6) is 0 Å². The first-order valence-corrected chi connectivity index (χ1v) is 4.11. The molecule has 0 aromatic carbocycles. The van der Waals surface area contributed by atoms with Crippen LogP contribution in [0.25, 0.3) is 16.5 Å². The highest BCUT2D eigenvalue weighted by molar-refractivity contribution is 5.51. The summed E-state index contributed by atoms with van der Waals surface area (Å²) in [4.78, 5) is 16.1. The Balaban J connectivity index is 2.81. The number of aromatic amines is 1. The summed E-state index contributed by atoms with van der Waals surface area (Å²) < 4.78 is 0. The summed E-state index contributed by atoms with van der Waals surface area (Å²) in [5, 5.41) is 3.36. The molecule has 1 N–H and O–H groups in total. The fraction of sp³-hybridized carbons (Fsp3) is 0.222. The van der Waals surface area contributed by atoms with Crippen LogP contribution in [-0.4, -0.2) is 11.5 Å². The molecule has 14 heavy (non-hydrogen) atoms. The number of azide groups is 1. The highest BCUT2D eigenvalue weighted by Crippen LogP contribution is 2.04. The Labute approximate surface area is 80.7 Å². The van der Waals surface area contributed by atoms with Gasteiger partial charge in [-0.3, -0.25) is 4.79 Å². The lowest BCUT2D eigenvalue weighted by Crippen LogP contribution is -2.04. The molecule has 0 saturated heterocycles. The van der Waals surface area contributed by atoms with Crippen LogP contribution in [0.1, 0.15) is 11.1 Å². The van der Waals surface area contributed by atoms with Gasteiger partial charge in [-0.2, -0.15) is 0 Å². The molecule has 0 spiro atoms. The molecule has 1 rings (SSSR count). The highest BCUT2D eigenvalue weighted by Gasteiger charge is 1.93. The second kappa shape index (κ2) is 4.89. The molecule has 0 saturated carbocycles. The zero-order chi connectivity index (χ0) is 10.4. The molecular formula is C9H10N4O. The smallest absolute Gasteiger partial charge is 0.248 e. The van der Waals surface area contributed by atoms with Crippen molar-refractivity contribution in [1.82, 2.24) is 4.98 Å². The quantitative estimate of drug-likeness (QED) is 0.441. The van der Waals surface area contributed by atoms with E-state index in [0.717, 1.165) is 11.1 Å². The molecule has 1 aromatic heterocycles. The molecule has 0 radical (unpaired) electrons. The van der Waals surface area contributed by atoms with Crippen LogP contribution in [0, 0.1) is 6.92 Å². The third kappa shape index (κ3) is 2.80. The van der Waals surface area contributed by atoms with Gasteiger partial charge in [0.05, 0.1) is 0 Å². The van der Waals surface area contributed by atoms with Gasteiger partial charge in [-0.1, -0.05) is 17.3 Å². The summed E-state index contributed by atoms with van der Waals surface area (Å²) >= 11 is 0. The maximum absolute atomic E-state index is 10.9. The monoisotopic (exact) mass is 190 g/mol. The Hall–Kier alpha value is -2.00. The molecule has 1 aromatic rings. The fourth-order valence-corrected chi connectivity index (χ4v) is 1.03. The molecule has 1 heterocycles. The molecule has 0 aliphatic carbocycles. The third-order valence-electron chi connectivity index (χ3n) is 1.72. The van der Waals surface area contributed by atoms with Gasteiger partial charge in [0, 0.05) is 23.7 Å². The van der Waals surface area contributed by atoms with Crippen molar-refractivity contribution in [3.63, 3.8) is 0 Å². The summed E-state index contributed by atoms with van der Waals surface area (Å²) in [5.41, 5.74) is 9.72. The minimum absolute atomic E-state index is 0.116. The van der Waals surface area contributed by atoms with E-state index in [1.807, 2.05) is 6.92 Å². The largest absolute Gasteiger partial charge is 0.328 e. The lowest BCUT2D eigenvalue weighted by Gasteiger charge is -1.96. The van der Waals surface area contributed by atoms with E-state index in [9.17, 15) is 4.79 Å². The van der Waals surface area contributed by atoms with Gasteiger partial charge in [0.25, 0.3) is 0 Å². The van der Waals surface area contributed by atoms with E-state index in [4.69, 9.17) is 5.53 Å². The molecule has 72 valence electrons. The topological polar surface area (TPSA) is 81.6 Å². The van der Waals surface area contributed by atoms with Crippen LogP contribution in [0.2, 0.25) is 0 Å². The number of pyridine rings is 1. The Bertz CT molecular complexity index is 440. The molecule has 0 bridgehead atoms. The van der Waals surface area contributed by atoms with Crippen LogP contribution >= 0.6 is 0 Å². The maximum Gasteiger partial charge on any atom is 0.248 e. The Kier molecular flexibility index (Phi) is 3.52. The van der Waals surface area contributed by atoms with Crippen LogP contribution in [0.3, 0.4) is 0 Å². The van der Waals surface area contributed by atoms with Gasteiger partial charge >= 0.3 is 0 Å². The van der Waals surface area contributed by atoms with Crippen molar-refractivity contribution in [1.29, 1.82) is 0 Å². The van der Waals surface area contributed by atoms with Gasteiger partial charge in [0.1, 0.15) is 0 Å². The van der Waals surface area contributed by atoms with E-state index in [2.05, 4.69) is 15.0 Å². The number of rotatable bonds is 3. The lowest BCUT2D eigenvalue weighted by atomic mass is 10.1. The predicted octanol–water partition coefficient (Wildman–Crippen LogP) is 2.01. The van der Waals surface area contributed by atoms with E-state index in [-0.39, 0.29) is 5.56 Å². The SMILES string of the molecule is Cc1cc(=O)[nH]cc1C=CCN=[N+]=[N-]. The van der Waals surface area contributed by atoms with E-state index in [1.165, 1.54) is 6.07 Å². The number of nitrogens with zero attached hydrogens (tertiary/aromatic N) is 3. The van der Waals surface area contributed by atoms with Gasteiger partial charge in [-0.25, -0.2) is 0 Å². The number of hydrogen-bond acceptors (Lipinski definition) is 2. The van der Waals surface area contributed by atoms with Gasteiger partial charge in [-0.15, -0.1) is 0 Å². The molecule has 0 fully saturated rings. The zero-order valence-corrected chi connectivity index (χ0v) is 7.77. The van der Waals surface area contributed by atoms with Crippen molar-refractivity contribution in [3.05, 3.63) is 50.3 Å². The lowest BCUT2D eigenvalue weighted by molar-refractivity contribution is 1.19. The maximum atomic E-state index is 10.9. The summed E-state index contributed by atoms with van der Waals surface area (Å²) in [5.74, 6) is 0. The Morgan fingerprint density at radius 2 is 2.50 bits per heavy atom. The molecule has 0 aliphatic heterocycles. The van der Waals surface area contributed by atoms with Crippen LogP contribution in [0.15, 0.2) is 28.2 Å². The van der Waals surface area contributed by atoms with Crippen molar-refractivity contribution < 1.29 is 0 Å². The van der Waals surface area contributed by atoms with Gasteiger partial charge in [-0.05, 0) is 23.6 Å². The first-order chi connectivity index (χ1) is 6.74. The number of aryl methyl sites for hydroxylation is 1. The average molecular weight is 190 g/mol. The predicted molar refractivity (Wildman–Crippen MR) is 54.8 cm³/mol. The van der Waals surface area contributed by atoms with Crippen LogP contribution in [-0.2, 0) is 0 Å². The second-order valence-corrected chi connectivity index (χ2v) is 2.75. The number of H-pyrrole nitrogens is 1. The molecule has 0 unspecified atom stereocenters.